The fourth-order valence-electron chi connectivity index (χ4n) is 2.03. The molecular weight excluding hydrogens is 488 g/mol. The molecule has 0 radical (unpaired) electrons. The Hall–Kier alpha value is -0.600. The highest BCUT2D eigenvalue weighted by atomic mass is 32.3. The summed E-state index contributed by atoms with van der Waals surface area (Å²) in [6.45, 7) is -1.22. The Morgan fingerprint density at radius 2 is 1.36 bits per heavy atom. The van der Waals surface area contributed by atoms with Crippen LogP contribution >= 0.6 is 0 Å². The molecule has 22 heteroatoms. The van der Waals surface area contributed by atoms with Crippen LogP contribution in [0.15, 0.2) is 0 Å². The minimum Gasteiger partial charge on any atom is -0.366 e. The fourth-order valence-corrected chi connectivity index (χ4v) is 4.44. The summed E-state index contributed by atoms with van der Waals surface area (Å²) in [5.41, 5.74) is 0. The van der Waals surface area contributed by atoms with Crippen LogP contribution in [-0.4, -0.2) is 85.2 Å². The van der Waals surface area contributed by atoms with Gasteiger partial charge in [0.1, 0.15) is 18.3 Å². The van der Waals surface area contributed by atoms with E-state index in [9.17, 15) is 38.8 Å². The van der Waals surface area contributed by atoms with Gasteiger partial charge in [-0.3, -0.25) is 9.11 Å². The standard InChI is InChI=1S/C6H10O18S4/c7-6-5(21-26(11,12)13)4(20-25(8,9)10)3-2(19-6)1-18-27(14,15)23-24-28(16,17)22-3/h2-7H,1H2,(H,8,9,10)(H,11,12,13)/t2-,3-,4+,5-,6+/m1/s1. The number of hydrogen-bond acceptors (Lipinski definition) is 16. The van der Waals surface area contributed by atoms with Crippen molar-refractivity contribution in [1.29, 1.82) is 0 Å². The minimum absolute atomic E-state index is 1.22. The molecule has 0 amide bonds. The third-order valence-corrected chi connectivity index (χ3v) is 5.24. The molecule has 5 atom stereocenters. The van der Waals surface area contributed by atoms with Gasteiger partial charge in [-0.1, -0.05) is 8.67 Å². The Balaban J connectivity index is 2.52. The van der Waals surface area contributed by atoms with Gasteiger partial charge in [0.2, 0.25) is 0 Å². The lowest BCUT2D eigenvalue weighted by atomic mass is 9.99. The van der Waals surface area contributed by atoms with E-state index < -0.39 is 78.9 Å². The molecule has 28 heavy (non-hydrogen) atoms. The van der Waals surface area contributed by atoms with Crippen LogP contribution in [-0.2, 0) is 71.7 Å². The predicted molar refractivity (Wildman–Crippen MR) is 74.6 cm³/mol. The summed E-state index contributed by atoms with van der Waals surface area (Å²) in [5, 5.41) is 9.78. The van der Waals surface area contributed by atoms with Crippen molar-refractivity contribution in [2.24, 2.45) is 0 Å². The summed E-state index contributed by atoms with van der Waals surface area (Å²) in [5.74, 6) is 0. The summed E-state index contributed by atoms with van der Waals surface area (Å²) in [4.78, 5) is 0. The lowest BCUT2D eigenvalue weighted by molar-refractivity contribution is -0.270. The topological polar surface area (TPSA) is 262 Å². The van der Waals surface area contributed by atoms with Crippen LogP contribution in [0.5, 0.6) is 0 Å². The molecule has 166 valence electrons. The van der Waals surface area contributed by atoms with E-state index in [1.807, 2.05) is 0 Å². The molecule has 18 nitrogen and oxygen atoms in total. The third kappa shape index (κ3) is 6.73. The zero-order chi connectivity index (χ0) is 21.5. The Labute approximate surface area is 157 Å². The van der Waals surface area contributed by atoms with E-state index in [1.165, 1.54) is 0 Å². The number of aliphatic hydroxyl groups is 1. The van der Waals surface area contributed by atoms with Crippen LogP contribution in [0.3, 0.4) is 0 Å². The molecule has 2 rings (SSSR count). The van der Waals surface area contributed by atoms with Crippen LogP contribution in [0.4, 0.5) is 0 Å². The van der Waals surface area contributed by atoms with E-state index in [-0.39, 0.29) is 0 Å². The van der Waals surface area contributed by atoms with Gasteiger partial charge in [0.15, 0.2) is 12.4 Å². The lowest BCUT2D eigenvalue weighted by Gasteiger charge is -2.41. The van der Waals surface area contributed by atoms with Crippen LogP contribution in [0.1, 0.15) is 0 Å². The Bertz CT molecular complexity index is 990. The zero-order valence-electron chi connectivity index (χ0n) is 12.7. The molecule has 2 saturated heterocycles. The molecule has 0 spiro atoms. The highest BCUT2D eigenvalue weighted by Crippen LogP contribution is 2.31. The van der Waals surface area contributed by atoms with Gasteiger partial charge in [0.25, 0.3) is 0 Å². The maximum Gasteiger partial charge on any atom is 0.428 e. The second kappa shape index (κ2) is 7.91. The first-order valence-corrected chi connectivity index (χ1v) is 11.7. The predicted octanol–water partition coefficient (Wildman–Crippen LogP) is -4.07. The summed E-state index contributed by atoms with van der Waals surface area (Å²) in [7, 11) is -21.5. The average molecular weight is 498 g/mol. The second-order valence-corrected chi connectivity index (χ2v) is 9.27. The van der Waals surface area contributed by atoms with E-state index in [0.29, 0.717) is 0 Å². The first-order chi connectivity index (χ1) is 12.5. The Morgan fingerprint density at radius 3 is 1.89 bits per heavy atom. The fraction of sp³-hybridized carbons (Fsp3) is 1.00. The van der Waals surface area contributed by atoms with Crippen LogP contribution in [0.2, 0.25) is 0 Å². The van der Waals surface area contributed by atoms with Crippen molar-refractivity contribution in [3.63, 3.8) is 0 Å². The molecule has 2 aliphatic rings. The third-order valence-electron chi connectivity index (χ3n) is 2.87. The lowest BCUT2D eigenvalue weighted by Crippen LogP contribution is -2.62. The molecule has 0 unspecified atom stereocenters. The number of aliphatic hydroxyl groups excluding tert-OH is 1. The highest BCUT2D eigenvalue weighted by molar-refractivity contribution is 7.84. The van der Waals surface area contributed by atoms with E-state index in [2.05, 4.69) is 30.1 Å². The molecule has 2 heterocycles. The quantitative estimate of drug-likeness (QED) is 0.246. The van der Waals surface area contributed by atoms with E-state index >= 15 is 0 Å². The Morgan fingerprint density at radius 1 is 0.857 bits per heavy atom. The Kier molecular flexibility index (Phi) is 6.69. The van der Waals surface area contributed by atoms with Crippen molar-refractivity contribution in [3.05, 3.63) is 0 Å². The van der Waals surface area contributed by atoms with Crippen molar-refractivity contribution < 1.29 is 78.0 Å². The molecule has 0 aromatic rings. The summed E-state index contributed by atoms with van der Waals surface area (Å²) < 4.78 is 135. The maximum absolute atomic E-state index is 11.6. The molecule has 0 aromatic heterocycles. The van der Waals surface area contributed by atoms with Gasteiger partial charge in [0, 0.05) is 0 Å². The molecule has 0 saturated carbocycles. The van der Waals surface area contributed by atoms with Crippen molar-refractivity contribution in [3.8, 4) is 0 Å². The molecule has 0 bridgehead atoms. The van der Waals surface area contributed by atoms with E-state index in [1.54, 1.807) is 0 Å². The summed E-state index contributed by atoms with van der Waals surface area (Å²) >= 11 is 0. The minimum atomic E-state index is -5.51. The van der Waals surface area contributed by atoms with Gasteiger partial charge in [-0.15, -0.1) is 0 Å². The number of rotatable bonds is 4. The maximum atomic E-state index is 11.6. The van der Waals surface area contributed by atoms with Crippen LogP contribution in [0, 0.1) is 0 Å². The molecule has 0 aromatic carbocycles. The molecule has 2 fully saturated rings. The smallest absolute Gasteiger partial charge is 0.366 e. The van der Waals surface area contributed by atoms with Crippen molar-refractivity contribution in [2.45, 2.75) is 30.7 Å². The molecule has 2 aliphatic heterocycles. The number of hydrogen-bond donors (Lipinski definition) is 3. The van der Waals surface area contributed by atoms with Gasteiger partial charge >= 0.3 is 41.6 Å². The van der Waals surface area contributed by atoms with Gasteiger partial charge in [-0.2, -0.15) is 33.7 Å². The van der Waals surface area contributed by atoms with Crippen molar-refractivity contribution in [1.82, 2.24) is 0 Å². The van der Waals surface area contributed by atoms with Crippen LogP contribution in [0.25, 0.3) is 0 Å². The SMILES string of the molecule is O=S(=O)(O)O[C@@H]1[C@@H](OS(=O)(=O)O)[C@@H](O)O[C@@H]2COS(=O)(=O)OOS(=O)(=O)O[C@@H]12. The van der Waals surface area contributed by atoms with E-state index in [4.69, 9.17) is 9.11 Å². The van der Waals surface area contributed by atoms with Gasteiger partial charge in [0.05, 0.1) is 6.61 Å². The first kappa shape index (κ1) is 23.7. The van der Waals surface area contributed by atoms with Crippen molar-refractivity contribution in [2.75, 3.05) is 6.61 Å². The monoisotopic (exact) mass is 498 g/mol. The normalized spacial score (nSPS) is 36.5. The van der Waals surface area contributed by atoms with Crippen molar-refractivity contribution >= 4 is 41.6 Å². The highest BCUT2D eigenvalue weighted by Gasteiger charge is 2.54. The van der Waals surface area contributed by atoms with Gasteiger partial charge < -0.3 is 9.84 Å². The molecule has 0 aliphatic carbocycles. The summed E-state index contributed by atoms with van der Waals surface area (Å²) in [6, 6.07) is 0. The number of fused-ring (bicyclic) bond motifs is 1. The summed E-state index contributed by atoms with van der Waals surface area (Å²) in [6.07, 6.45) is -12.0. The molecular formula is C6H10O18S4. The van der Waals surface area contributed by atoms with Crippen LogP contribution < -0.4 is 0 Å². The second-order valence-electron chi connectivity index (χ2n) is 4.84. The largest absolute Gasteiger partial charge is 0.428 e. The number of ether oxygens (including phenoxy) is 1. The zero-order valence-corrected chi connectivity index (χ0v) is 16.0. The first-order valence-electron chi connectivity index (χ1n) is 6.33. The van der Waals surface area contributed by atoms with Gasteiger partial charge in [-0.25, -0.2) is 16.7 Å². The van der Waals surface area contributed by atoms with E-state index in [0.717, 1.165) is 0 Å². The van der Waals surface area contributed by atoms with Gasteiger partial charge in [-0.05, 0) is 0 Å². The average Bonchev–Trinajstić information content (AvgIpc) is 2.51. The molecule has 3 N–H and O–H groups in total.